The number of rotatable bonds is 5. The Labute approximate surface area is 175 Å². The molecular weight excluding hydrogens is 408 g/mol. The molecule has 1 amide bonds. The number of carbonyl (C=O) groups is 1. The number of hydrogen-bond acceptors (Lipinski definition) is 4. The molecule has 0 atom stereocenters. The second kappa shape index (κ2) is 8.14. The van der Waals surface area contributed by atoms with Crippen molar-refractivity contribution in [2.45, 2.75) is 12.1 Å². The zero-order valence-electron chi connectivity index (χ0n) is 15.5. The van der Waals surface area contributed by atoms with E-state index in [-0.39, 0.29) is 17.2 Å². The van der Waals surface area contributed by atoms with E-state index in [0.717, 1.165) is 5.69 Å². The summed E-state index contributed by atoms with van der Waals surface area (Å²) in [6.07, 6.45) is 0. The van der Waals surface area contributed by atoms with Crippen LogP contribution in [0, 0.1) is 6.92 Å². The summed E-state index contributed by atoms with van der Waals surface area (Å²) in [4.78, 5) is 33.2. The molecule has 0 aliphatic carbocycles. The van der Waals surface area contributed by atoms with Gasteiger partial charge in [-0.25, -0.2) is 4.98 Å². The Kier molecular flexibility index (Phi) is 5.42. The van der Waals surface area contributed by atoms with Crippen molar-refractivity contribution < 1.29 is 4.79 Å². The van der Waals surface area contributed by atoms with Crippen LogP contribution in [0.1, 0.15) is 5.69 Å². The molecule has 2 aromatic heterocycles. The second-order valence-corrected chi connectivity index (χ2v) is 7.75. The molecular formula is C21H17ClN4O2S. The van der Waals surface area contributed by atoms with Crippen LogP contribution in [0.25, 0.3) is 16.7 Å². The van der Waals surface area contributed by atoms with Gasteiger partial charge in [0, 0.05) is 5.69 Å². The highest BCUT2D eigenvalue weighted by Gasteiger charge is 2.16. The van der Waals surface area contributed by atoms with Gasteiger partial charge in [-0.3, -0.25) is 14.2 Å². The van der Waals surface area contributed by atoms with Gasteiger partial charge in [0.05, 0.1) is 27.7 Å². The van der Waals surface area contributed by atoms with Crippen LogP contribution in [-0.2, 0) is 4.79 Å². The van der Waals surface area contributed by atoms with E-state index in [1.54, 1.807) is 24.3 Å². The molecule has 0 bridgehead atoms. The van der Waals surface area contributed by atoms with Gasteiger partial charge in [0.25, 0.3) is 5.56 Å². The number of aromatic nitrogens is 3. The number of fused-ring (bicyclic) bond motifs is 1. The number of halogens is 1. The maximum atomic E-state index is 13.1. The lowest BCUT2D eigenvalue weighted by molar-refractivity contribution is -0.113. The Balaban J connectivity index is 1.66. The number of nitrogens with zero attached hydrogens (tertiary/aromatic N) is 2. The van der Waals surface area contributed by atoms with E-state index in [0.29, 0.717) is 32.6 Å². The first-order valence-corrected chi connectivity index (χ1v) is 10.2. The lowest BCUT2D eigenvalue weighted by Gasteiger charge is -2.12. The van der Waals surface area contributed by atoms with Crippen LogP contribution in [0.4, 0.5) is 5.69 Å². The standard InChI is InChI=1S/C21H17ClN4O2S/c1-13-11-17-19(23-13)20(28)26(14-7-3-2-4-8-14)21(25-17)29-12-18(27)24-16-10-6-5-9-15(16)22/h2-11,23H,12H2,1H3,(H,24,27). The monoisotopic (exact) mass is 424 g/mol. The van der Waals surface area contributed by atoms with E-state index in [9.17, 15) is 9.59 Å². The highest BCUT2D eigenvalue weighted by atomic mass is 35.5. The van der Waals surface area contributed by atoms with Crippen molar-refractivity contribution in [2.24, 2.45) is 0 Å². The topological polar surface area (TPSA) is 79.8 Å². The Morgan fingerprint density at radius 2 is 1.90 bits per heavy atom. The van der Waals surface area contributed by atoms with Gasteiger partial charge in [-0.2, -0.15) is 0 Å². The Morgan fingerprint density at radius 1 is 1.17 bits per heavy atom. The van der Waals surface area contributed by atoms with Crippen LogP contribution in [0.5, 0.6) is 0 Å². The summed E-state index contributed by atoms with van der Waals surface area (Å²) in [5, 5.41) is 3.70. The molecule has 2 aromatic carbocycles. The Morgan fingerprint density at radius 3 is 2.66 bits per heavy atom. The molecule has 2 N–H and O–H groups in total. The van der Waals surface area contributed by atoms with E-state index < -0.39 is 0 Å². The van der Waals surface area contributed by atoms with Crippen molar-refractivity contribution in [3.63, 3.8) is 0 Å². The van der Waals surface area contributed by atoms with Crippen LogP contribution in [-0.4, -0.2) is 26.2 Å². The fraction of sp³-hybridized carbons (Fsp3) is 0.0952. The maximum absolute atomic E-state index is 13.1. The molecule has 146 valence electrons. The molecule has 0 aliphatic rings. The summed E-state index contributed by atoms with van der Waals surface area (Å²) in [6, 6.07) is 18.1. The summed E-state index contributed by atoms with van der Waals surface area (Å²) in [5.74, 6) is -0.151. The number of H-pyrrole nitrogens is 1. The Hall–Kier alpha value is -3.03. The normalized spacial score (nSPS) is 11.0. The number of thioether (sulfide) groups is 1. The van der Waals surface area contributed by atoms with Crippen molar-refractivity contribution in [3.8, 4) is 5.69 Å². The number of nitrogens with one attached hydrogen (secondary N) is 2. The van der Waals surface area contributed by atoms with E-state index in [1.165, 1.54) is 16.3 Å². The predicted octanol–water partition coefficient (Wildman–Crippen LogP) is 4.41. The van der Waals surface area contributed by atoms with Gasteiger partial charge >= 0.3 is 0 Å². The van der Waals surface area contributed by atoms with Crippen molar-refractivity contribution in [1.82, 2.24) is 14.5 Å². The number of hydrogen-bond donors (Lipinski definition) is 2. The Bertz CT molecular complexity index is 1250. The highest BCUT2D eigenvalue weighted by Crippen LogP contribution is 2.24. The smallest absolute Gasteiger partial charge is 0.283 e. The van der Waals surface area contributed by atoms with E-state index in [4.69, 9.17) is 11.6 Å². The zero-order chi connectivity index (χ0) is 20.4. The molecule has 2 heterocycles. The second-order valence-electron chi connectivity index (χ2n) is 6.40. The minimum Gasteiger partial charge on any atom is -0.353 e. The summed E-state index contributed by atoms with van der Waals surface area (Å²) in [5.41, 5.74) is 2.90. The first-order valence-electron chi connectivity index (χ1n) is 8.88. The van der Waals surface area contributed by atoms with Crippen LogP contribution < -0.4 is 10.9 Å². The van der Waals surface area contributed by atoms with E-state index >= 15 is 0 Å². The molecule has 0 saturated carbocycles. The number of carbonyl (C=O) groups excluding carboxylic acids is 1. The third kappa shape index (κ3) is 4.06. The molecule has 0 fully saturated rings. The van der Waals surface area contributed by atoms with Crippen molar-refractivity contribution in [3.05, 3.63) is 81.7 Å². The number of para-hydroxylation sites is 2. The van der Waals surface area contributed by atoms with Gasteiger partial charge in [-0.05, 0) is 37.3 Å². The van der Waals surface area contributed by atoms with Crippen molar-refractivity contribution in [2.75, 3.05) is 11.1 Å². The van der Waals surface area contributed by atoms with Gasteiger partial charge in [-0.15, -0.1) is 0 Å². The lowest BCUT2D eigenvalue weighted by Crippen LogP contribution is -2.23. The number of aryl methyl sites for hydroxylation is 1. The number of amides is 1. The lowest BCUT2D eigenvalue weighted by atomic mass is 10.3. The molecule has 0 radical (unpaired) electrons. The molecule has 6 nitrogen and oxygen atoms in total. The van der Waals surface area contributed by atoms with E-state index in [1.807, 2.05) is 43.3 Å². The molecule has 4 aromatic rings. The average Bonchev–Trinajstić information content (AvgIpc) is 3.09. The van der Waals surface area contributed by atoms with Crippen LogP contribution in [0.2, 0.25) is 5.02 Å². The van der Waals surface area contributed by atoms with Crippen molar-refractivity contribution >= 4 is 46.0 Å². The third-order valence-electron chi connectivity index (χ3n) is 4.25. The SMILES string of the molecule is Cc1cc2nc(SCC(=O)Nc3ccccc3Cl)n(-c3ccccc3)c(=O)c2[nH]1. The van der Waals surface area contributed by atoms with Crippen LogP contribution >= 0.6 is 23.4 Å². The highest BCUT2D eigenvalue weighted by molar-refractivity contribution is 7.99. The average molecular weight is 425 g/mol. The van der Waals surface area contributed by atoms with Gasteiger partial charge in [0.2, 0.25) is 5.91 Å². The summed E-state index contributed by atoms with van der Waals surface area (Å²) in [6.45, 7) is 1.87. The number of anilines is 1. The van der Waals surface area contributed by atoms with Gasteiger partial charge in [-0.1, -0.05) is 53.7 Å². The summed E-state index contributed by atoms with van der Waals surface area (Å²) < 4.78 is 1.52. The molecule has 29 heavy (non-hydrogen) atoms. The molecule has 4 rings (SSSR count). The minimum absolute atomic E-state index is 0.0827. The van der Waals surface area contributed by atoms with Crippen LogP contribution in [0.15, 0.2) is 70.6 Å². The minimum atomic E-state index is -0.234. The maximum Gasteiger partial charge on any atom is 0.283 e. The number of aromatic amines is 1. The van der Waals surface area contributed by atoms with Gasteiger partial charge < -0.3 is 10.3 Å². The predicted molar refractivity (Wildman–Crippen MR) is 117 cm³/mol. The van der Waals surface area contributed by atoms with Crippen LogP contribution in [0.3, 0.4) is 0 Å². The summed E-state index contributed by atoms with van der Waals surface area (Å²) in [7, 11) is 0. The number of benzene rings is 2. The van der Waals surface area contributed by atoms with Gasteiger partial charge in [0.1, 0.15) is 5.52 Å². The van der Waals surface area contributed by atoms with Crippen molar-refractivity contribution in [1.29, 1.82) is 0 Å². The first kappa shape index (κ1) is 19.3. The molecule has 0 aliphatic heterocycles. The van der Waals surface area contributed by atoms with E-state index in [2.05, 4.69) is 15.3 Å². The first-order chi connectivity index (χ1) is 14.0. The molecule has 0 unspecified atom stereocenters. The quantitative estimate of drug-likeness (QED) is 0.367. The van der Waals surface area contributed by atoms with Gasteiger partial charge in [0.15, 0.2) is 5.16 Å². The summed E-state index contributed by atoms with van der Waals surface area (Å²) >= 11 is 7.29. The zero-order valence-corrected chi connectivity index (χ0v) is 17.1. The molecule has 8 heteroatoms. The fourth-order valence-electron chi connectivity index (χ4n) is 2.96. The third-order valence-corrected chi connectivity index (χ3v) is 5.52. The molecule has 0 spiro atoms. The molecule has 0 saturated heterocycles. The largest absolute Gasteiger partial charge is 0.353 e. The fourth-order valence-corrected chi connectivity index (χ4v) is 3.95.